The monoisotopic (exact) mass is 305 g/mol. The zero-order valence-corrected chi connectivity index (χ0v) is 13.7. The standard InChI is InChI=1S/C17H27N3O2/c1-13-11-15(22-19-13)18-16(21)14(2)20-10-6-9-17(12-20)7-4-3-5-8-17/h11,14H,3-10,12H2,1-2H3,(H,18,21). The van der Waals surface area contributed by atoms with Gasteiger partial charge in [0.15, 0.2) is 0 Å². The van der Waals surface area contributed by atoms with Crippen LogP contribution in [0.3, 0.4) is 0 Å². The second kappa shape index (κ2) is 6.41. The minimum atomic E-state index is -0.121. The molecule has 1 aromatic rings. The van der Waals surface area contributed by atoms with Crippen molar-refractivity contribution < 1.29 is 9.32 Å². The summed E-state index contributed by atoms with van der Waals surface area (Å²) in [7, 11) is 0. The summed E-state index contributed by atoms with van der Waals surface area (Å²) in [6.45, 7) is 5.93. The molecule has 1 N–H and O–H groups in total. The van der Waals surface area contributed by atoms with E-state index in [2.05, 4.69) is 15.4 Å². The molecule has 122 valence electrons. The van der Waals surface area contributed by atoms with Gasteiger partial charge in [0.2, 0.25) is 11.8 Å². The van der Waals surface area contributed by atoms with E-state index >= 15 is 0 Å². The van der Waals surface area contributed by atoms with Crippen LogP contribution in [0.4, 0.5) is 5.88 Å². The maximum absolute atomic E-state index is 12.5. The van der Waals surface area contributed by atoms with E-state index in [0.717, 1.165) is 18.8 Å². The number of carbonyl (C=O) groups excluding carboxylic acids is 1. The Kier molecular flexibility index (Phi) is 4.52. The first kappa shape index (κ1) is 15.5. The van der Waals surface area contributed by atoms with Crippen molar-refractivity contribution >= 4 is 11.8 Å². The van der Waals surface area contributed by atoms with Crippen LogP contribution >= 0.6 is 0 Å². The molecule has 1 aliphatic carbocycles. The molecule has 1 amide bonds. The number of nitrogens with one attached hydrogen (secondary N) is 1. The van der Waals surface area contributed by atoms with Gasteiger partial charge in [0.25, 0.3) is 0 Å². The van der Waals surface area contributed by atoms with E-state index in [1.54, 1.807) is 6.07 Å². The van der Waals surface area contributed by atoms with E-state index in [4.69, 9.17) is 4.52 Å². The molecule has 5 heteroatoms. The van der Waals surface area contributed by atoms with Gasteiger partial charge < -0.3 is 4.52 Å². The Morgan fingerprint density at radius 3 is 2.73 bits per heavy atom. The Bertz CT molecular complexity index is 514. The predicted octanol–water partition coefficient (Wildman–Crippen LogP) is 3.36. The molecule has 2 fully saturated rings. The number of aryl methyl sites for hydroxylation is 1. The average Bonchev–Trinajstić information content (AvgIpc) is 2.92. The summed E-state index contributed by atoms with van der Waals surface area (Å²) in [5.41, 5.74) is 1.25. The van der Waals surface area contributed by atoms with Crippen molar-refractivity contribution in [3.05, 3.63) is 11.8 Å². The summed E-state index contributed by atoms with van der Waals surface area (Å²) < 4.78 is 5.08. The molecule has 0 bridgehead atoms. The molecule has 1 spiro atoms. The topological polar surface area (TPSA) is 58.4 Å². The van der Waals surface area contributed by atoms with Crippen molar-refractivity contribution in [2.75, 3.05) is 18.4 Å². The normalized spacial score (nSPS) is 23.4. The molecule has 1 atom stereocenters. The molecule has 3 rings (SSSR count). The number of hydrogen-bond acceptors (Lipinski definition) is 4. The third kappa shape index (κ3) is 3.35. The zero-order valence-electron chi connectivity index (χ0n) is 13.7. The molecular weight excluding hydrogens is 278 g/mol. The van der Waals surface area contributed by atoms with Gasteiger partial charge in [0.1, 0.15) is 0 Å². The SMILES string of the molecule is Cc1cc(NC(=O)C(C)N2CCCC3(CCCCC3)C2)on1. The molecule has 0 radical (unpaired) electrons. The van der Waals surface area contributed by atoms with Crippen LogP contribution in [0.15, 0.2) is 10.6 Å². The molecule has 1 aliphatic heterocycles. The van der Waals surface area contributed by atoms with Crippen LogP contribution in [0.1, 0.15) is 57.6 Å². The van der Waals surface area contributed by atoms with Gasteiger partial charge in [-0.2, -0.15) is 0 Å². The van der Waals surface area contributed by atoms with Crippen LogP contribution in [0.2, 0.25) is 0 Å². The number of amides is 1. The molecule has 1 saturated heterocycles. The number of rotatable bonds is 3. The van der Waals surface area contributed by atoms with E-state index in [-0.39, 0.29) is 11.9 Å². The largest absolute Gasteiger partial charge is 0.338 e. The smallest absolute Gasteiger partial charge is 0.243 e. The van der Waals surface area contributed by atoms with Crippen molar-refractivity contribution in [3.63, 3.8) is 0 Å². The fourth-order valence-electron chi connectivity index (χ4n) is 4.10. The maximum atomic E-state index is 12.5. The molecule has 2 aliphatic rings. The second-order valence-corrected chi connectivity index (χ2v) is 7.13. The quantitative estimate of drug-likeness (QED) is 0.930. The van der Waals surface area contributed by atoms with E-state index < -0.39 is 0 Å². The van der Waals surface area contributed by atoms with Gasteiger partial charge in [-0.3, -0.25) is 15.0 Å². The summed E-state index contributed by atoms with van der Waals surface area (Å²) in [6.07, 6.45) is 9.29. The highest BCUT2D eigenvalue weighted by Gasteiger charge is 2.38. The Labute approximate surface area is 132 Å². The van der Waals surface area contributed by atoms with Gasteiger partial charge in [0, 0.05) is 12.6 Å². The maximum Gasteiger partial charge on any atom is 0.243 e. The van der Waals surface area contributed by atoms with Gasteiger partial charge in [0.05, 0.1) is 11.7 Å². The third-order valence-electron chi connectivity index (χ3n) is 5.41. The molecule has 2 heterocycles. The predicted molar refractivity (Wildman–Crippen MR) is 85.7 cm³/mol. The molecule has 0 aromatic carbocycles. The van der Waals surface area contributed by atoms with Crippen LogP contribution in [-0.4, -0.2) is 35.1 Å². The molecular formula is C17H27N3O2. The number of nitrogens with zero attached hydrogens (tertiary/aromatic N) is 2. The number of likely N-dealkylation sites (tertiary alicyclic amines) is 1. The van der Waals surface area contributed by atoms with E-state index in [1.165, 1.54) is 44.9 Å². The summed E-state index contributed by atoms with van der Waals surface area (Å²) in [5.74, 6) is 0.447. The first-order valence-electron chi connectivity index (χ1n) is 8.56. The number of anilines is 1. The molecule has 22 heavy (non-hydrogen) atoms. The number of carbonyl (C=O) groups is 1. The average molecular weight is 305 g/mol. The summed E-state index contributed by atoms with van der Waals surface area (Å²) in [6, 6.07) is 1.63. The molecule has 5 nitrogen and oxygen atoms in total. The van der Waals surface area contributed by atoms with Crippen LogP contribution in [0.5, 0.6) is 0 Å². The lowest BCUT2D eigenvalue weighted by Crippen LogP contribution is -2.51. The second-order valence-electron chi connectivity index (χ2n) is 7.13. The van der Waals surface area contributed by atoms with Crippen molar-refractivity contribution in [3.8, 4) is 0 Å². The van der Waals surface area contributed by atoms with Crippen LogP contribution in [-0.2, 0) is 4.79 Å². The molecule has 1 aromatic heterocycles. The summed E-state index contributed by atoms with van der Waals surface area (Å²) >= 11 is 0. The number of aromatic nitrogens is 1. The Hall–Kier alpha value is -1.36. The minimum Gasteiger partial charge on any atom is -0.338 e. The Balaban J connectivity index is 1.61. The van der Waals surface area contributed by atoms with Gasteiger partial charge in [-0.15, -0.1) is 0 Å². The van der Waals surface area contributed by atoms with E-state index in [9.17, 15) is 4.79 Å². The van der Waals surface area contributed by atoms with Gasteiger partial charge >= 0.3 is 0 Å². The van der Waals surface area contributed by atoms with Crippen LogP contribution < -0.4 is 5.32 Å². The number of piperidine rings is 1. The van der Waals surface area contributed by atoms with Crippen molar-refractivity contribution in [2.45, 2.75) is 64.8 Å². The van der Waals surface area contributed by atoms with Gasteiger partial charge in [-0.05, 0) is 51.5 Å². The van der Waals surface area contributed by atoms with Crippen molar-refractivity contribution in [1.29, 1.82) is 0 Å². The summed E-state index contributed by atoms with van der Waals surface area (Å²) in [5, 5.41) is 6.65. The van der Waals surface area contributed by atoms with Crippen LogP contribution in [0.25, 0.3) is 0 Å². The lowest BCUT2D eigenvalue weighted by Gasteiger charge is -2.46. The molecule has 1 unspecified atom stereocenters. The number of hydrogen-bond donors (Lipinski definition) is 1. The summed E-state index contributed by atoms with van der Waals surface area (Å²) in [4.78, 5) is 14.8. The fraction of sp³-hybridized carbons (Fsp3) is 0.765. The van der Waals surface area contributed by atoms with E-state index in [1.807, 2.05) is 13.8 Å². The fourth-order valence-corrected chi connectivity index (χ4v) is 4.10. The van der Waals surface area contributed by atoms with Gasteiger partial charge in [-0.25, -0.2) is 0 Å². The Morgan fingerprint density at radius 1 is 1.32 bits per heavy atom. The lowest BCUT2D eigenvalue weighted by atomic mass is 9.69. The van der Waals surface area contributed by atoms with E-state index in [0.29, 0.717) is 11.3 Å². The minimum absolute atomic E-state index is 0.00371. The van der Waals surface area contributed by atoms with Gasteiger partial charge in [-0.1, -0.05) is 24.4 Å². The first-order chi connectivity index (χ1) is 10.6. The highest BCUT2D eigenvalue weighted by molar-refractivity contribution is 5.93. The van der Waals surface area contributed by atoms with Crippen molar-refractivity contribution in [1.82, 2.24) is 10.1 Å². The Morgan fingerprint density at radius 2 is 2.05 bits per heavy atom. The lowest BCUT2D eigenvalue weighted by molar-refractivity contribution is -0.122. The third-order valence-corrected chi connectivity index (χ3v) is 5.41. The van der Waals surface area contributed by atoms with Crippen molar-refractivity contribution in [2.24, 2.45) is 5.41 Å². The highest BCUT2D eigenvalue weighted by atomic mass is 16.5. The molecule has 1 saturated carbocycles. The van der Waals surface area contributed by atoms with Crippen LogP contribution in [0, 0.1) is 12.3 Å². The zero-order chi connectivity index (χ0) is 15.6. The highest BCUT2D eigenvalue weighted by Crippen LogP contribution is 2.43. The first-order valence-corrected chi connectivity index (χ1v) is 8.56.